The summed E-state index contributed by atoms with van der Waals surface area (Å²) in [7, 11) is 1.31. The molecule has 0 unspecified atom stereocenters. The van der Waals surface area contributed by atoms with E-state index in [-0.39, 0.29) is 6.07 Å². The molecule has 2 nitrogen and oxygen atoms in total. The molecule has 0 amide bonds. The van der Waals surface area contributed by atoms with Crippen molar-refractivity contribution in [2.24, 2.45) is 0 Å². The lowest BCUT2D eigenvalue weighted by Gasteiger charge is -2.07. The van der Waals surface area contributed by atoms with Crippen molar-refractivity contribution in [3.05, 3.63) is 29.3 Å². The molecule has 0 aliphatic carbocycles. The topological polar surface area (TPSA) is 24.1 Å². The second kappa shape index (κ2) is 3.61. The van der Waals surface area contributed by atoms with E-state index in [1.54, 1.807) is 0 Å². The molecule has 1 aromatic carbocycles. The molecule has 0 bridgehead atoms. The Morgan fingerprint density at radius 1 is 1.00 bits per heavy atom. The zero-order chi connectivity index (χ0) is 10.0. The van der Waals surface area contributed by atoms with E-state index in [1.807, 2.05) is 5.43 Å². The van der Waals surface area contributed by atoms with E-state index in [2.05, 4.69) is 5.43 Å². The van der Waals surface area contributed by atoms with Gasteiger partial charge in [0.1, 0.15) is 5.69 Å². The van der Waals surface area contributed by atoms with Gasteiger partial charge in [-0.15, -0.1) is 0 Å². The van der Waals surface area contributed by atoms with Crippen LogP contribution in [-0.4, -0.2) is 7.05 Å². The average molecular weight is 194 g/mol. The van der Waals surface area contributed by atoms with Gasteiger partial charge in [-0.05, 0) is 0 Å². The minimum Gasteiger partial charge on any atom is -0.316 e. The number of hydrogen-bond acceptors (Lipinski definition) is 2. The number of benzene rings is 1. The van der Waals surface area contributed by atoms with Crippen molar-refractivity contribution in [3.63, 3.8) is 0 Å². The van der Waals surface area contributed by atoms with Crippen molar-refractivity contribution in [2.75, 3.05) is 12.5 Å². The third-order valence-electron chi connectivity index (χ3n) is 1.36. The van der Waals surface area contributed by atoms with Crippen LogP contribution in [0.15, 0.2) is 6.07 Å². The molecule has 0 saturated heterocycles. The van der Waals surface area contributed by atoms with Crippen LogP contribution in [-0.2, 0) is 0 Å². The summed E-state index contributed by atoms with van der Waals surface area (Å²) in [5, 5.41) is 0. The molecule has 0 radical (unpaired) electrons. The van der Waals surface area contributed by atoms with Crippen LogP contribution < -0.4 is 10.9 Å². The zero-order valence-corrected chi connectivity index (χ0v) is 6.59. The average Bonchev–Trinajstić information content (AvgIpc) is 2.09. The van der Waals surface area contributed by atoms with E-state index >= 15 is 0 Å². The number of nitrogens with one attached hydrogen (secondary N) is 2. The molecule has 2 N–H and O–H groups in total. The molecule has 0 aromatic heterocycles. The number of hydrazine groups is 1. The summed E-state index contributed by atoms with van der Waals surface area (Å²) in [6.45, 7) is 0. The summed E-state index contributed by atoms with van der Waals surface area (Å²) in [4.78, 5) is 0. The summed E-state index contributed by atoms with van der Waals surface area (Å²) in [6, 6.07) is 0.144. The van der Waals surface area contributed by atoms with Crippen molar-refractivity contribution >= 4 is 5.69 Å². The van der Waals surface area contributed by atoms with Crippen LogP contribution in [0.4, 0.5) is 23.2 Å². The highest BCUT2D eigenvalue weighted by Crippen LogP contribution is 2.22. The highest BCUT2D eigenvalue weighted by molar-refractivity contribution is 5.46. The first kappa shape index (κ1) is 9.79. The molecule has 0 spiro atoms. The molecule has 13 heavy (non-hydrogen) atoms. The Labute approximate surface area is 71.5 Å². The minimum atomic E-state index is -1.46. The molecular weight excluding hydrogens is 188 g/mol. The molecule has 0 heterocycles. The molecular formula is C7H6F4N2. The van der Waals surface area contributed by atoms with E-state index in [9.17, 15) is 17.6 Å². The van der Waals surface area contributed by atoms with Crippen LogP contribution in [0.1, 0.15) is 0 Å². The third-order valence-corrected chi connectivity index (χ3v) is 1.36. The number of halogens is 4. The standard InChI is InChI=1S/C7H6F4N2/c1-12-13-7-5(10)3(8)2-4(9)6(7)11/h2,12-13H,1H3. The lowest BCUT2D eigenvalue weighted by Crippen LogP contribution is -2.18. The Morgan fingerprint density at radius 2 is 1.46 bits per heavy atom. The fourth-order valence-corrected chi connectivity index (χ4v) is 0.808. The van der Waals surface area contributed by atoms with Crippen LogP contribution in [0.25, 0.3) is 0 Å². The largest absolute Gasteiger partial charge is 0.316 e. The van der Waals surface area contributed by atoms with Gasteiger partial charge in [0.05, 0.1) is 0 Å². The van der Waals surface area contributed by atoms with Crippen LogP contribution >= 0.6 is 0 Å². The highest BCUT2D eigenvalue weighted by atomic mass is 19.2. The lowest BCUT2D eigenvalue weighted by molar-refractivity contribution is 0.457. The number of rotatable bonds is 2. The van der Waals surface area contributed by atoms with Gasteiger partial charge in [0.25, 0.3) is 0 Å². The smallest absolute Gasteiger partial charge is 0.186 e. The van der Waals surface area contributed by atoms with E-state index in [1.165, 1.54) is 7.05 Å². The van der Waals surface area contributed by atoms with E-state index in [4.69, 9.17) is 0 Å². The molecule has 1 aromatic rings. The first-order valence-corrected chi connectivity index (χ1v) is 3.33. The van der Waals surface area contributed by atoms with Gasteiger partial charge in [-0.25, -0.2) is 23.0 Å². The van der Waals surface area contributed by atoms with E-state index in [0.717, 1.165) is 0 Å². The highest BCUT2D eigenvalue weighted by Gasteiger charge is 2.18. The predicted molar refractivity (Wildman–Crippen MR) is 39.0 cm³/mol. The maximum atomic E-state index is 12.7. The number of anilines is 1. The van der Waals surface area contributed by atoms with E-state index in [0.29, 0.717) is 0 Å². The molecule has 72 valence electrons. The molecule has 0 aliphatic heterocycles. The summed E-state index contributed by atoms with van der Waals surface area (Å²) >= 11 is 0. The summed E-state index contributed by atoms with van der Waals surface area (Å²) in [5.74, 6) is -5.82. The van der Waals surface area contributed by atoms with Gasteiger partial charge in [0.15, 0.2) is 23.3 Å². The summed E-state index contributed by atoms with van der Waals surface area (Å²) < 4.78 is 50.5. The van der Waals surface area contributed by atoms with Gasteiger partial charge in [-0.1, -0.05) is 0 Å². The van der Waals surface area contributed by atoms with Crippen molar-refractivity contribution in [3.8, 4) is 0 Å². The Kier molecular flexibility index (Phi) is 2.72. The SMILES string of the molecule is CNNc1c(F)c(F)cc(F)c1F. The lowest BCUT2D eigenvalue weighted by atomic mass is 10.2. The van der Waals surface area contributed by atoms with Gasteiger partial charge in [-0.3, -0.25) is 0 Å². The van der Waals surface area contributed by atoms with Crippen LogP contribution in [0.2, 0.25) is 0 Å². The van der Waals surface area contributed by atoms with Crippen molar-refractivity contribution in [2.45, 2.75) is 0 Å². The summed E-state index contributed by atoms with van der Waals surface area (Å²) in [5.41, 5.74) is 3.23. The van der Waals surface area contributed by atoms with E-state index < -0.39 is 29.0 Å². The molecule has 0 fully saturated rings. The second-order valence-electron chi connectivity index (χ2n) is 2.22. The first-order chi connectivity index (χ1) is 6.07. The summed E-state index contributed by atoms with van der Waals surface area (Å²) in [6.07, 6.45) is 0. The van der Waals surface area contributed by atoms with Crippen molar-refractivity contribution in [1.29, 1.82) is 0 Å². The molecule has 0 saturated carbocycles. The van der Waals surface area contributed by atoms with Crippen LogP contribution in [0, 0.1) is 23.3 Å². The Morgan fingerprint density at radius 3 is 1.85 bits per heavy atom. The van der Waals surface area contributed by atoms with Crippen LogP contribution in [0.5, 0.6) is 0 Å². The van der Waals surface area contributed by atoms with Crippen molar-refractivity contribution in [1.82, 2.24) is 5.43 Å². The number of hydrogen-bond donors (Lipinski definition) is 2. The second-order valence-corrected chi connectivity index (χ2v) is 2.22. The third kappa shape index (κ3) is 1.72. The quantitative estimate of drug-likeness (QED) is 0.426. The maximum absolute atomic E-state index is 12.7. The maximum Gasteiger partial charge on any atom is 0.186 e. The minimum absolute atomic E-state index is 0.144. The Bertz CT molecular complexity index is 301. The van der Waals surface area contributed by atoms with Gasteiger partial charge in [0, 0.05) is 13.1 Å². The van der Waals surface area contributed by atoms with Gasteiger partial charge in [0.2, 0.25) is 0 Å². The van der Waals surface area contributed by atoms with Crippen molar-refractivity contribution < 1.29 is 17.6 Å². The molecule has 0 aliphatic rings. The van der Waals surface area contributed by atoms with Gasteiger partial charge < -0.3 is 5.43 Å². The fourth-order valence-electron chi connectivity index (χ4n) is 0.808. The molecule has 0 atom stereocenters. The monoisotopic (exact) mass is 194 g/mol. The van der Waals surface area contributed by atoms with Gasteiger partial charge in [-0.2, -0.15) is 0 Å². The zero-order valence-electron chi connectivity index (χ0n) is 6.59. The Hall–Kier alpha value is -1.30. The normalized spacial score (nSPS) is 10.2. The first-order valence-electron chi connectivity index (χ1n) is 3.33. The van der Waals surface area contributed by atoms with Gasteiger partial charge >= 0.3 is 0 Å². The fraction of sp³-hybridized carbons (Fsp3) is 0.143. The Balaban J connectivity index is 3.28. The molecule has 6 heteroatoms. The van der Waals surface area contributed by atoms with Crippen LogP contribution in [0.3, 0.4) is 0 Å². The molecule has 1 rings (SSSR count). The predicted octanol–water partition coefficient (Wildman–Crippen LogP) is 1.79.